The molecule has 1 heterocycles. The predicted octanol–water partition coefficient (Wildman–Crippen LogP) is 2.83. The monoisotopic (exact) mass is 236 g/mol. The molecule has 0 bridgehead atoms. The fraction of sp³-hybridized carbons (Fsp3) is 0.333. The summed E-state index contributed by atoms with van der Waals surface area (Å²) >= 11 is 5.60. The largest absolute Gasteiger partial charge is 0.339 e. The highest BCUT2D eigenvalue weighted by atomic mass is 35.5. The molecular formula is C12H13ClN2O. The lowest BCUT2D eigenvalue weighted by atomic mass is 10.1. The first-order valence-corrected chi connectivity index (χ1v) is 5.83. The number of alkyl halides is 1. The van der Waals surface area contributed by atoms with Crippen LogP contribution in [0.25, 0.3) is 0 Å². The van der Waals surface area contributed by atoms with E-state index in [4.69, 9.17) is 16.1 Å². The summed E-state index contributed by atoms with van der Waals surface area (Å²) in [5.41, 5.74) is 1.19. The van der Waals surface area contributed by atoms with Crippen LogP contribution in [-0.2, 0) is 12.8 Å². The maximum atomic E-state index is 5.60. The van der Waals surface area contributed by atoms with Crippen molar-refractivity contribution in [2.75, 3.05) is 5.88 Å². The third kappa shape index (κ3) is 3.07. The molecule has 0 unspecified atom stereocenters. The summed E-state index contributed by atoms with van der Waals surface area (Å²) in [5, 5.41) is 3.94. The van der Waals surface area contributed by atoms with Crippen LogP contribution in [0.5, 0.6) is 0 Å². The molecular weight excluding hydrogens is 224 g/mol. The van der Waals surface area contributed by atoms with Gasteiger partial charge in [0.25, 0.3) is 0 Å². The molecule has 1 aromatic heterocycles. The molecule has 0 aliphatic heterocycles. The summed E-state index contributed by atoms with van der Waals surface area (Å²) in [5.74, 6) is 2.03. The van der Waals surface area contributed by atoms with Gasteiger partial charge in [0.2, 0.25) is 5.89 Å². The molecule has 2 rings (SSSR count). The molecule has 0 saturated carbocycles. The molecule has 16 heavy (non-hydrogen) atoms. The SMILES string of the molecule is ClCCCc1nc(Cc2ccccc2)no1. The van der Waals surface area contributed by atoms with E-state index in [9.17, 15) is 0 Å². The van der Waals surface area contributed by atoms with Gasteiger partial charge in [0, 0.05) is 18.7 Å². The number of aromatic nitrogens is 2. The van der Waals surface area contributed by atoms with Gasteiger partial charge in [-0.05, 0) is 12.0 Å². The van der Waals surface area contributed by atoms with Crippen molar-refractivity contribution in [1.29, 1.82) is 0 Å². The number of halogens is 1. The summed E-state index contributed by atoms with van der Waals surface area (Å²) in [6, 6.07) is 10.1. The standard InChI is InChI=1S/C12H13ClN2O/c13-8-4-7-12-14-11(15-16-12)9-10-5-2-1-3-6-10/h1-3,5-6H,4,7-9H2. The van der Waals surface area contributed by atoms with Gasteiger partial charge in [-0.2, -0.15) is 4.98 Å². The molecule has 0 aliphatic carbocycles. The Morgan fingerprint density at radius 1 is 1.19 bits per heavy atom. The molecule has 0 saturated heterocycles. The topological polar surface area (TPSA) is 38.9 Å². The lowest BCUT2D eigenvalue weighted by molar-refractivity contribution is 0.373. The summed E-state index contributed by atoms with van der Waals surface area (Å²) in [4.78, 5) is 4.31. The summed E-state index contributed by atoms with van der Waals surface area (Å²) in [6.07, 6.45) is 2.34. The van der Waals surface area contributed by atoms with Gasteiger partial charge in [0.1, 0.15) is 0 Å². The average molecular weight is 237 g/mol. The van der Waals surface area contributed by atoms with Gasteiger partial charge in [0.05, 0.1) is 0 Å². The van der Waals surface area contributed by atoms with E-state index in [1.807, 2.05) is 18.2 Å². The first-order chi connectivity index (χ1) is 7.88. The minimum absolute atomic E-state index is 0.621. The zero-order chi connectivity index (χ0) is 11.2. The van der Waals surface area contributed by atoms with Crippen molar-refractivity contribution >= 4 is 11.6 Å². The van der Waals surface area contributed by atoms with Crippen molar-refractivity contribution < 1.29 is 4.52 Å². The molecule has 0 radical (unpaired) electrons. The second kappa shape index (κ2) is 5.66. The Kier molecular flexibility index (Phi) is 3.94. The smallest absolute Gasteiger partial charge is 0.226 e. The Morgan fingerprint density at radius 2 is 2.00 bits per heavy atom. The van der Waals surface area contributed by atoms with Crippen LogP contribution < -0.4 is 0 Å². The number of rotatable bonds is 5. The Hall–Kier alpha value is -1.35. The Bertz CT molecular complexity index is 428. The Labute approximate surface area is 99.4 Å². The van der Waals surface area contributed by atoms with E-state index in [-0.39, 0.29) is 0 Å². The molecule has 0 fully saturated rings. The van der Waals surface area contributed by atoms with Crippen molar-refractivity contribution in [1.82, 2.24) is 10.1 Å². The van der Waals surface area contributed by atoms with Gasteiger partial charge in [-0.25, -0.2) is 0 Å². The summed E-state index contributed by atoms with van der Waals surface area (Å²) in [7, 11) is 0. The molecule has 1 aromatic carbocycles. The van der Waals surface area contributed by atoms with Gasteiger partial charge in [-0.15, -0.1) is 11.6 Å². The van der Waals surface area contributed by atoms with Crippen LogP contribution in [-0.4, -0.2) is 16.0 Å². The summed E-state index contributed by atoms with van der Waals surface area (Å²) in [6.45, 7) is 0. The van der Waals surface area contributed by atoms with E-state index < -0.39 is 0 Å². The second-order valence-corrected chi connectivity index (χ2v) is 3.94. The number of aryl methyl sites for hydroxylation is 1. The normalized spacial score (nSPS) is 10.6. The molecule has 0 amide bonds. The lowest BCUT2D eigenvalue weighted by Crippen LogP contribution is -1.91. The zero-order valence-electron chi connectivity index (χ0n) is 8.90. The van der Waals surface area contributed by atoms with Crippen LogP contribution in [0.4, 0.5) is 0 Å². The fourth-order valence-electron chi connectivity index (χ4n) is 1.46. The molecule has 3 nitrogen and oxygen atoms in total. The minimum Gasteiger partial charge on any atom is -0.339 e. The Balaban J connectivity index is 1.97. The van der Waals surface area contributed by atoms with Crippen LogP contribution in [0, 0.1) is 0 Å². The van der Waals surface area contributed by atoms with E-state index in [0.29, 0.717) is 18.2 Å². The summed E-state index contributed by atoms with van der Waals surface area (Å²) < 4.78 is 5.12. The van der Waals surface area contributed by atoms with E-state index in [2.05, 4.69) is 22.3 Å². The van der Waals surface area contributed by atoms with Gasteiger partial charge < -0.3 is 4.52 Å². The minimum atomic E-state index is 0.621. The van der Waals surface area contributed by atoms with Crippen LogP contribution in [0.1, 0.15) is 23.7 Å². The third-order valence-electron chi connectivity index (χ3n) is 2.24. The fourth-order valence-corrected chi connectivity index (χ4v) is 1.59. The van der Waals surface area contributed by atoms with Crippen molar-refractivity contribution in [3.63, 3.8) is 0 Å². The van der Waals surface area contributed by atoms with Crippen molar-refractivity contribution in [3.8, 4) is 0 Å². The molecule has 0 N–H and O–H groups in total. The zero-order valence-corrected chi connectivity index (χ0v) is 9.65. The predicted molar refractivity (Wildman–Crippen MR) is 62.6 cm³/mol. The number of nitrogens with zero attached hydrogens (tertiary/aromatic N) is 2. The van der Waals surface area contributed by atoms with E-state index >= 15 is 0 Å². The van der Waals surface area contributed by atoms with Gasteiger partial charge >= 0.3 is 0 Å². The Morgan fingerprint density at radius 3 is 2.75 bits per heavy atom. The molecule has 84 valence electrons. The van der Waals surface area contributed by atoms with Crippen LogP contribution in [0.15, 0.2) is 34.9 Å². The first kappa shape index (κ1) is 11.1. The van der Waals surface area contributed by atoms with Crippen LogP contribution in [0.3, 0.4) is 0 Å². The van der Waals surface area contributed by atoms with Crippen molar-refractivity contribution in [2.24, 2.45) is 0 Å². The molecule has 0 atom stereocenters. The maximum absolute atomic E-state index is 5.60. The van der Waals surface area contributed by atoms with Crippen LogP contribution >= 0.6 is 11.6 Å². The molecule has 2 aromatic rings. The first-order valence-electron chi connectivity index (χ1n) is 5.30. The van der Waals surface area contributed by atoms with Gasteiger partial charge in [0.15, 0.2) is 5.82 Å². The maximum Gasteiger partial charge on any atom is 0.226 e. The second-order valence-electron chi connectivity index (χ2n) is 3.56. The van der Waals surface area contributed by atoms with E-state index in [1.165, 1.54) is 5.56 Å². The van der Waals surface area contributed by atoms with E-state index in [0.717, 1.165) is 18.7 Å². The average Bonchev–Trinajstić information content (AvgIpc) is 2.75. The lowest BCUT2D eigenvalue weighted by Gasteiger charge is -1.93. The highest BCUT2D eigenvalue weighted by Crippen LogP contribution is 2.07. The van der Waals surface area contributed by atoms with Crippen molar-refractivity contribution in [2.45, 2.75) is 19.3 Å². The third-order valence-corrected chi connectivity index (χ3v) is 2.51. The van der Waals surface area contributed by atoms with Gasteiger partial charge in [-0.3, -0.25) is 0 Å². The van der Waals surface area contributed by atoms with Crippen LogP contribution in [0.2, 0.25) is 0 Å². The number of hydrogen-bond acceptors (Lipinski definition) is 3. The molecule has 4 heteroatoms. The highest BCUT2D eigenvalue weighted by molar-refractivity contribution is 6.17. The van der Waals surface area contributed by atoms with Crippen molar-refractivity contribution in [3.05, 3.63) is 47.6 Å². The highest BCUT2D eigenvalue weighted by Gasteiger charge is 2.06. The quantitative estimate of drug-likeness (QED) is 0.750. The molecule has 0 spiro atoms. The molecule has 0 aliphatic rings. The number of hydrogen-bond donors (Lipinski definition) is 0. The van der Waals surface area contributed by atoms with Gasteiger partial charge in [-0.1, -0.05) is 35.5 Å². The number of benzene rings is 1. The van der Waals surface area contributed by atoms with E-state index in [1.54, 1.807) is 0 Å².